The molecule has 29 heavy (non-hydrogen) atoms. The first-order valence-corrected chi connectivity index (χ1v) is 8.62. The summed E-state index contributed by atoms with van der Waals surface area (Å²) in [5.41, 5.74) is 2.19. The van der Waals surface area contributed by atoms with Crippen LogP contribution in [0.4, 0.5) is 17.6 Å². The monoisotopic (exact) mass is 407 g/mol. The number of ether oxygens (including phenoxy) is 1. The molecule has 0 atom stereocenters. The minimum atomic E-state index is -4.35. The van der Waals surface area contributed by atoms with Crippen LogP contribution in [0.1, 0.15) is 21.6 Å². The maximum absolute atomic E-state index is 13.0. The molecule has 0 saturated carbocycles. The molecule has 1 N–H and O–H groups in total. The van der Waals surface area contributed by atoms with E-state index >= 15 is 0 Å². The second-order valence-corrected chi connectivity index (χ2v) is 6.23. The molecule has 1 amide bonds. The molecule has 0 spiro atoms. The van der Waals surface area contributed by atoms with E-state index in [2.05, 4.69) is 15.2 Å². The zero-order valence-corrected chi connectivity index (χ0v) is 15.1. The molecule has 0 aliphatic rings. The Morgan fingerprint density at radius 1 is 1.00 bits per heavy atom. The molecular weight excluding hydrogens is 390 g/mol. The highest BCUT2D eigenvalue weighted by atomic mass is 19.4. The van der Waals surface area contributed by atoms with Gasteiger partial charge in [-0.15, -0.1) is 0 Å². The average Bonchev–Trinajstić information content (AvgIpc) is 3.17. The highest BCUT2D eigenvalue weighted by Crippen LogP contribution is 2.16. The minimum Gasteiger partial charge on any atom is -0.367 e. The number of aromatic nitrogens is 2. The van der Waals surface area contributed by atoms with Gasteiger partial charge in [0.1, 0.15) is 12.4 Å². The van der Waals surface area contributed by atoms with Crippen molar-refractivity contribution in [3.8, 4) is 5.69 Å². The molecule has 1 aromatic heterocycles. The van der Waals surface area contributed by atoms with Gasteiger partial charge in [-0.1, -0.05) is 24.3 Å². The van der Waals surface area contributed by atoms with Crippen molar-refractivity contribution in [3.05, 3.63) is 83.4 Å². The summed E-state index contributed by atoms with van der Waals surface area (Å²) in [6, 6.07) is 13.9. The summed E-state index contributed by atoms with van der Waals surface area (Å²) >= 11 is 0. The molecule has 2 aromatic carbocycles. The van der Waals surface area contributed by atoms with Gasteiger partial charge in [0.15, 0.2) is 5.69 Å². The Hall–Kier alpha value is -3.20. The Morgan fingerprint density at radius 2 is 1.66 bits per heavy atom. The van der Waals surface area contributed by atoms with Gasteiger partial charge in [-0.2, -0.15) is 18.3 Å². The second kappa shape index (κ2) is 8.87. The standard InChI is InChI=1S/C20H17F4N3O2/c21-16-5-7-17(8-6-16)27-10-9-18(26-27)19(28)25-11-14-1-3-15(4-2-14)12-29-13-20(22,23)24/h1-10H,11-13H2,(H,25,28). The van der Waals surface area contributed by atoms with Crippen LogP contribution < -0.4 is 5.32 Å². The Labute approximate surface area is 163 Å². The first-order valence-electron chi connectivity index (χ1n) is 8.62. The lowest BCUT2D eigenvalue weighted by molar-refractivity contribution is -0.176. The second-order valence-electron chi connectivity index (χ2n) is 6.23. The van der Waals surface area contributed by atoms with E-state index in [1.165, 1.54) is 16.8 Å². The average molecular weight is 407 g/mol. The number of carbonyl (C=O) groups is 1. The van der Waals surface area contributed by atoms with E-state index in [0.717, 1.165) is 5.56 Å². The van der Waals surface area contributed by atoms with Gasteiger partial charge < -0.3 is 10.1 Å². The van der Waals surface area contributed by atoms with Gasteiger partial charge in [0.25, 0.3) is 5.91 Å². The number of carbonyl (C=O) groups excluding carboxylic acids is 1. The van der Waals surface area contributed by atoms with Crippen LogP contribution in [0.25, 0.3) is 5.69 Å². The third-order valence-electron chi connectivity index (χ3n) is 3.92. The van der Waals surface area contributed by atoms with E-state index in [0.29, 0.717) is 11.3 Å². The molecule has 0 aliphatic carbocycles. The summed E-state index contributed by atoms with van der Waals surface area (Å²) in [6.07, 6.45) is -2.76. The van der Waals surface area contributed by atoms with E-state index in [1.807, 2.05) is 0 Å². The third kappa shape index (κ3) is 6.15. The molecule has 9 heteroatoms. The molecule has 0 unspecified atom stereocenters. The lowest BCUT2D eigenvalue weighted by Gasteiger charge is -2.08. The number of rotatable bonds is 7. The zero-order valence-electron chi connectivity index (χ0n) is 15.1. The number of amides is 1. The van der Waals surface area contributed by atoms with E-state index in [1.54, 1.807) is 48.7 Å². The van der Waals surface area contributed by atoms with Crippen LogP contribution in [0.5, 0.6) is 0 Å². The van der Waals surface area contributed by atoms with Crippen molar-refractivity contribution in [2.45, 2.75) is 19.3 Å². The Balaban J connectivity index is 1.51. The fourth-order valence-corrected chi connectivity index (χ4v) is 2.49. The Kier molecular flexibility index (Phi) is 6.28. The summed E-state index contributed by atoms with van der Waals surface area (Å²) in [4.78, 5) is 12.2. The van der Waals surface area contributed by atoms with E-state index < -0.39 is 12.8 Å². The molecule has 0 aliphatic heterocycles. The molecule has 0 radical (unpaired) electrons. The quantitative estimate of drug-likeness (QED) is 0.602. The smallest absolute Gasteiger partial charge is 0.367 e. The molecule has 5 nitrogen and oxygen atoms in total. The first-order chi connectivity index (χ1) is 13.8. The molecule has 1 heterocycles. The Bertz CT molecular complexity index is 951. The van der Waals surface area contributed by atoms with Crippen molar-refractivity contribution in [3.63, 3.8) is 0 Å². The molecule has 0 fully saturated rings. The first kappa shape index (κ1) is 20.5. The van der Waals surface area contributed by atoms with Gasteiger partial charge >= 0.3 is 6.18 Å². The summed E-state index contributed by atoms with van der Waals surface area (Å²) in [6.45, 7) is -1.21. The van der Waals surface area contributed by atoms with Gasteiger partial charge in [-0.05, 0) is 41.5 Å². The van der Waals surface area contributed by atoms with Crippen molar-refractivity contribution < 1.29 is 27.1 Å². The molecule has 152 valence electrons. The van der Waals surface area contributed by atoms with Gasteiger partial charge in [-0.3, -0.25) is 4.79 Å². The van der Waals surface area contributed by atoms with Gasteiger partial charge in [-0.25, -0.2) is 9.07 Å². The van der Waals surface area contributed by atoms with Crippen molar-refractivity contribution in [1.29, 1.82) is 0 Å². The van der Waals surface area contributed by atoms with Gasteiger partial charge in [0.05, 0.1) is 12.3 Å². The van der Waals surface area contributed by atoms with Crippen LogP contribution in [-0.2, 0) is 17.9 Å². The van der Waals surface area contributed by atoms with Crippen molar-refractivity contribution >= 4 is 5.91 Å². The number of halogens is 4. The van der Waals surface area contributed by atoms with Gasteiger partial charge in [0.2, 0.25) is 0 Å². The number of nitrogens with one attached hydrogen (secondary N) is 1. The Morgan fingerprint density at radius 3 is 2.31 bits per heavy atom. The molecule has 3 aromatic rings. The van der Waals surface area contributed by atoms with Gasteiger partial charge in [0, 0.05) is 12.7 Å². The van der Waals surface area contributed by atoms with Crippen LogP contribution in [0, 0.1) is 5.82 Å². The predicted molar refractivity (Wildman–Crippen MR) is 96.8 cm³/mol. The van der Waals surface area contributed by atoms with Crippen LogP contribution >= 0.6 is 0 Å². The summed E-state index contributed by atoms with van der Waals surface area (Å²) in [5.74, 6) is -0.750. The minimum absolute atomic E-state index is 0.146. The lowest BCUT2D eigenvalue weighted by atomic mass is 10.1. The van der Waals surface area contributed by atoms with E-state index in [9.17, 15) is 22.4 Å². The van der Waals surface area contributed by atoms with Crippen LogP contribution in [0.3, 0.4) is 0 Å². The lowest BCUT2D eigenvalue weighted by Crippen LogP contribution is -2.23. The maximum Gasteiger partial charge on any atom is 0.411 e. The van der Waals surface area contributed by atoms with Crippen molar-refractivity contribution in [2.75, 3.05) is 6.61 Å². The van der Waals surface area contributed by atoms with Crippen molar-refractivity contribution in [1.82, 2.24) is 15.1 Å². The van der Waals surface area contributed by atoms with Crippen LogP contribution in [0.2, 0.25) is 0 Å². The fraction of sp³-hybridized carbons (Fsp3) is 0.200. The topological polar surface area (TPSA) is 56.1 Å². The van der Waals surface area contributed by atoms with Crippen LogP contribution in [-0.4, -0.2) is 28.5 Å². The summed E-state index contributed by atoms with van der Waals surface area (Å²) in [7, 11) is 0. The van der Waals surface area contributed by atoms with Crippen LogP contribution in [0.15, 0.2) is 60.8 Å². The SMILES string of the molecule is O=C(NCc1ccc(COCC(F)(F)F)cc1)c1ccn(-c2ccc(F)cc2)n1. The summed E-state index contributed by atoms with van der Waals surface area (Å²) < 4.78 is 55.2. The predicted octanol–water partition coefficient (Wildman–Crippen LogP) is 4.02. The number of alkyl halides is 3. The molecule has 0 bridgehead atoms. The van der Waals surface area contributed by atoms with Crippen molar-refractivity contribution in [2.24, 2.45) is 0 Å². The number of nitrogens with zero attached hydrogens (tertiary/aromatic N) is 2. The highest BCUT2D eigenvalue weighted by Gasteiger charge is 2.27. The number of hydrogen-bond acceptors (Lipinski definition) is 3. The maximum atomic E-state index is 13.0. The zero-order chi connectivity index (χ0) is 20.9. The molecular formula is C20H17F4N3O2. The van der Waals surface area contributed by atoms with E-state index in [4.69, 9.17) is 0 Å². The number of hydrogen-bond donors (Lipinski definition) is 1. The largest absolute Gasteiger partial charge is 0.411 e. The number of benzene rings is 2. The third-order valence-corrected chi connectivity index (χ3v) is 3.92. The summed E-state index contributed by atoms with van der Waals surface area (Å²) in [5, 5.41) is 6.88. The van der Waals surface area contributed by atoms with E-state index in [-0.39, 0.29) is 30.6 Å². The highest BCUT2D eigenvalue weighted by molar-refractivity contribution is 5.92. The molecule has 0 saturated heterocycles. The fourth-order valence-electron chi connectivity index (χ4n) is 2.49. The normalized spacial score (nSPS) is 11.4. The molecule has 3 rings (SSSR count).